The van der Waals surface area contributed by atoms with Gasteiger partial charge in [0, 0.05) is 18.5 Å². The molecule has 0 saturated heterocycles. The van der Waals surface area contributed by atoms with Gasteiger partial charge in [-0.05, 0) is 52.3 Å². The Kier molecular flexibility index (Phi) is 8.22. The minimum Gasteiger partial charge on any atom is -0.497 e. The van der Waals surface area contributed by atoms with Crippen molar-refractivity contribution >= 4 is 12.0 Å². The zero-order chi connectivity index (χ0) is 19.7. The Hall–Kier alpha value is -2.44. The number of nitrogens with one attached hydrogen (secondary N) is 2. The number of methoxy groups -OCH3 is 2. The maximum absolute atomic E-state index is 12.1. The predicted octanol–water partition coefficient (Wildman–Crippen LogP) is 3.19. The first-order valence-corrected chi connectivity index (χ1v) is 8.64. The number of benzene rings is 1. The van der Waals surface area contributed by atoms with E-state index in [1.165, 1.54) is 0 Å². The highest BCUT2D eigenvalue weighted by molar-refractivity contribution is 5.76. The number of ether oxygens (including phenoxy) is 3. The molecule has 0 spiro atoms. The third kappa shape index (κ3) is 7.63. The van der Waals surface area contributed by atoms with Crippen molar-refractivity contribution < 1.29 is 23.8 Å². The van der Waals surface area contributed by atoms with Crippen LogP contribution < -0.4 is 20.1 Å². The van der Waals surface area contributed by atoms with E-state index in [0.29, 0.717) is 30.9 Å². The summed E-state index contributed by atoms with van der Waals surface area (Å²) < 4.78 is 15.7. The summed E-state index contributed by atoms with van der Waals surface area (Å²) in [5.74, 6) is 1.28. The molecule has 7 nitrogen and oxygen atoms in total. The molecule has 2 N–H and O–H groups in total. The molecule has 1 aromatic rings. The first-order chi connectivity index (χ1) is 12.2. The van der Waals surface area contributed by atoms with Crippen molar-refractivity contribution in [2.75, 3.05) is 20.8 Å². The first kappa shape index (κ1) is 21.6. The summed E-state index contributed by atoms with van der Waals surface area (Å²) in [5.41, 5.74) is 0.305. The Morgan fingerprint density at radius 3 is 2.42 bits per heavy atom. The molecule has 0 fully saturated rings. The fourth-order valence-electron chi connectivity index (χ4n) is 2.32. The molecule has 0 aliphatic heterocycles. The summed E-state index contributed by atoms with van der Waals surface area (Å²) in [7, 11) is 3.18. The van der Waals surface area contributed by atoms with Gasteiger partial charge in [-0.15, -0.1) is 0 Å². The number of hydrogen-bond donors (Lipinski definition) is 2. The zero-order valence-corrected chi connectivity index (χ0v) is 16.5. The highest BCUT2D eigenvalue weighted by Crippen LogP contribution is 2.29. The molecule has 1 atom stereocenters. The van der Waals surface area contributed by atoms with Crippen molar-refractivity contribution in [1.29, 1.82) is 0 Å². The minimum atomic E-state index is -0.535. The van der Waals surface area contributed by atoms with Crippen molar-refractivity contribution in [1.82, 2.24) is 10.6 Å². The summed E-state index contributed by atoms with van der Waals surface area (Å²) in [6, 6.07) is 5.22. The van der Waals surface area contributed by atoms with E-state index in [2.05, 4.69) is 10.6 Å². The molecule has 0 bridgehead atoms. The Morgan fingerprint density at radius 1 is 1.15 bits per heavy atom. The van der Waals surface area contributed by atoms with Crippen LogP contribution in [0.3, 0.4) is 0 Å². The predicted molar refractivity (Wildman–Crippen MR) is 99.6 cm³/mol. The van der Waals surface area contributed by atoms with E-state index in [4.69, 9.17) is 14.2 Å². The maximum atomic E-state index is 12.1. The van der Waals surface area contributed by atoms with E-state index >= 15 is 0 Å². The number of rotatable bonds is 8. The fraction of sp³-hybridized carbons (Fsp3) is 0.579. The van der Waals surface area contributed by atoms with Crippen LogP contribution in [0, 0.1) is 0 Å². The number of amides is 2. The molecule has 1 rings (SSSR count). The lowest BCUT2D eigenvalue weighted by Gasteiger charge is -2.20. The van der Waals surface area contributed by atoms with Crippen LogP contribution in [0.5, 0.6) is 11.5 Å². The largest absolute Gasteiger partial charge is 0.497 e. The molecular formula is C19H30N2O5. The molecule has 2 amide bonds. The van der Waals surface area contributed by atoms with Gasteiger partial charge >= 0.3 is 6.09 Å². The first-order valence-electron chi connectivity index (χ1n) is 8.64. The summed E-state index contributed by atoms with van der Waals surface area (Å²) in [4.78, 5) is 23.7. The number of carbonyl (C=O) groups is 2. The van der Waals surface area contributed by atoms with Crippen LogP contribution in [0.25, 0.3) is 0 Å². The van der Waals surface area contributed by atoms with Crippen LogP contribution in [0.2, 0.25) is 0 Å². The number of alkyl carbamates (subject to hydrolysis) is 1. The number of carbonyl (C=O) groups excluding carboxylic acids is 2. The van der Waals surface area contributed by atoms with Gasteiger partial charge in [0.2, 0.25) is 5.91 Å². The monoisotopic (exact) mass is 366 g/mol. The van der Waals surface area contributed by atoms with Crippen molar-refractivity contribution in [3.05, 3.63) is 23.8 Å². The lowest BCUT2D eigenvalue weighted by atomic mass is 10.1. The van der Waals surface area contributed by atoms with Crippen LogP contribution in [0.1, 0.15) is 52.1 Å². The van der Waals surface area contributed by atoms with Crippen LogP contribution in [0.15, 0.2) is 18.2 Å². The minimum absolute atomic E-state index is 0.103. The quantitative estimate of drug-likeness (QED) is 0.690. The van der Waals surface area contributed by atoms with Gasteiger partial charge < -0.3 is 24.8 Å². The summed E-state index contributed by atoms with van der Waals surface area (Å²) in [6.45, 7) is 7.66. The van der Waals surface area contributed by atoms with Crippen molar-refractivity contribution in [2.24, 2.45) is 0 Å². The van der Waals surface area contributed by atoms with Crippen molar-refractivity contribution in [2.45, 2.75) is 52.2 Å². The van der Waals surface area contributed by atoms with Crippen LogP contribution in [0.4, 0.5) is 4.79 Å². The third-order valence-corrected chi connectivity index (χ3v) is 3.53. The Morgan fingerprint density at radius 2 is 1.85 bits per heavy atom. The van der Waals surface area contributed by atoms with Crippen LogP contribution >= 0.6 is 0 Å². The molecule has 0 aliphatic carbocycles. The number of hydrogen-bond acceptors (Lipinski definition) is 5. The van der Waals surface area contributed by atoms with Crippen molar-refractivity contribution in [3.8, 4) is 11.5 Å². The zero-order valence-electron chi connectivity index (χ0n) is 16.5. The SMILES string of the molecule is COc1ccc(OC)c([C@H](C)NC(=O)CCCNC(=O)OC(C)(C)C)c1. The van der Waals surface area contributed by atoms with Crippen LogP contribution in [-0.4, -0.2) is 38.4 Å². The summed E-state index contributed by atoms with van der Waals surface area (Å²) >= 11 is 0. The Bertz CT molecular complexity index is 610. The van der Waals surface area contributed by atoms with E-state index in [9.17, 15) is 9.59 Å². The van der Waals surface area contributed by atoms with Gasteiger partial charge in [0.1, 0.15) is 17.1 Å². The Balaban J connectivity index is 2.45. The smallest absolute Gasteiger partial charge is 0.407 e. The van der Waals surface area contributed by atoms with E-state index in [1.807, 2.05) is 19.1 Å². The van der Waals surface area contributed by atoms with Crippen molar-refractivity contribution in [3.63, 3.8) is 0 Å². The second kappa shape index (κ2) is 9.89. The lowest BCUT2D eigenvalue weighted by molar-refractivity contribution is -0.121. The summed E-state index contributed by atoms with van der Waals surface area (Å²) in [5, 5.41) is 5.57. The van der Waals surface area contributed by atoms with Crippen LogP contribution in [-0.2, 0) is 9.53 Å². The molecule has 0 aromatic heterocycles. The molecule has 1 aromatic carbocycles. The van der Waals surface area contributed by atoms with Gasteiger partial charge in [0.05, 0.1) is 20.3 Å². The lowest BCUT2D eigenvalue weighted by Crippen LogP contribution is -2.33. The molecule has 146 valence electrons. The van der Waals surface area contributed by atoms with Gasteiger partial charge in [0.15, 0.2) is 0 Å². The van der Waals surface area contributed by atoms with E-state index < -0.39 is 11.7 Å². The Labute approximate surface area is 155 Å². The van der Waals surface area contributed by atoms with E-state index in [0.717, 1.165) is 5.56 Å². The fourth-order valence-corrected chi connectivity index (χ4v) is 2.32. The highest BCUT2D eigenvalue weighted by Gasteiger charge is 2.17. The van der Waals surface area contributed by atoms with Gasteiger partial charge in [-0.25, -0.2) is 4.79 Å². The van der Waals surface area contributed by atoms with E-state index in [1.54, 1.807) is 41.1 Å². The standard InChI is InChI=1S/C19H30N2O5/c1-13(15-12-14(24-5)9-10-16(15)25-6)21-17(22)8-7-11-20-18(23)26-19(2,3)4/h9-10,12-13H,7-8,11H2,1-6H3,(H,20,23)(H,21,22)/t13-/m0/s1. The normalized spacial score (nSPS) is 12.1. The van der Waals surface area contributed by atoms with E-state index in [-0.39, 0.29) is 11.9 Å². The van der Waals surface area contributed by atoms with Gasteiger partial charge in [-0.2, -0.15) is 0 Å². The highest BCUT2D eigenvalue weighted by atomic mass is 16.6. The molecule has 26 heavy (non-hydrogen) atoms. The molecule has 0 saturated carbocycles. The maximum Gasteiger partial charge on any atom is 0.407 e. The van der Waals surface area contributed by atoms with Gasteiger partial charge in [-0.1, -0.05) is 0 Å². The molecule has 0 radical (unpaired) electrons. The van der Waals surface area contributed by atoms with Gasteiger partial charge in [0.25, 0.3) is 0 Å². The molecule has 7 heteroatoms. The molecular weight excluding hydrogens is 336 g/mol. The second-order valence-corrected chi connectivity index (χ2v) is 6.93. The molecule has 0 unspecified atom stereocenters. The second-order valence-electron chi connectivity index (χ2n) is 6.93. The summed E-state index contributed by atoms with van der Waals surface area (Å²) in [6.07, 6.45) is 0.340. The molecule has 0 aliphatic rings. The average Bonchev–Trinajstić information content (AvgIpc) is 2.56. The topological polar surface area (TPSA) is 85.9 Å². The van der Waals surface area contributed by atoms with Gasteiger partial charge in [-0.3, -0.25) is 4.79 Å². The molecule has 0 heterocycles. The third-order valence-electron chi connectivity index (χ3n) is 3.53. The average molecular weight is 366 g/mol.